The van der Waals surface area contributed by atoms with E-state index >= 15 is 0 Å². The fourth-order valence-electron chi connectivity index (χ4n) is 1.58. The molecule has 0 aliphatic rings. The topological polar surface area (TPSA) is 50.9 Å². The van der Waals surface area contributed by atoms with Crippen LogP contribution >= 0.6 is 11.6 Å². The van der Waals surface area contributed by atoms with Gasteiger partial charge >= 0.3 is 6.18 Å². The second-order valence-electron chi connectivity index (χ2n) is 3.96. The fourth-order valence-corrected chi connectivity index (χ4v) is 1.83. The molecule has 2 heterocycles. The molecule has 0 fully saturated rings. The summed E-state index contributed by atoms with van der Waals surface area (Å²) in [5.74, 6) is -0.00617. The van der Waals surface area contributed by atoms with E-state index in [0.717, 1.165) is 6.07 Å². The normalized spacial score (nSPS) is 11.9. The van der Waals surface area contributed by atoms with E-state index in [1.54, 1.807) is 13.8 Å². The predicted octanol–water partition coefficient (Wildman–Crippen LogP) is 3.26. The minimum atomic E-state index is -4.51. The second kappa shape index (κ2) is 4.41. The molecule has 19 heavy (non-hydrogen) atoms. The van der Waals surface area contributed by atoms with E-state index in [0.29, 0.717) is 17.6 Å². The van der Waals surface area contributed by atoms with E-state index in [-0.39, 0.29) is 16.6 Å². The van der Waals surface area contributed by atoms with Gasteiger partial charge in [-0.15, -0.1) is 0 Å². The van der Waals surface area contributed by atoms with Gasteiger partial charge in [-0.3, -0.25) is 0 Å². The van der Waals surface area contributed by atoms with Crippen LogP contribution in [0.1, 0.15) is 17.0 Å². The Balaban J connectivity index is 2.55. The van der Waals surface area contributed by atoms with Crippen molar-refractivity contribution in [2.24, 2.45) is 0 Å². The molecule has 2 aromatic heterocycles. The van der Waals surface area contributed by atoms with Crippen LogP contribution < -0.4 is 0 Å². The van der Waals surface area contributed by atoms with Gasteiger partial charge in [-0.25, -0.2) is 9.67 Å². The third kappa shape index (κ3) is 2.37. The van der Waals surface area contributed by atoms with Crippen molar-refractivity contribution in [3.63, 3.8) is 0 Å². The van der Waals surface area contributed by atoms with Crippen LogP contribution in [0.25, 0.3) is 5.82 Å². The monoisotopic (exact) mass is 291 g/mol. The van der Waals surface area contributed by atoms with E-state index in [2.05, 4.69) is 10.1 Å². The molecule has 0 saturated heterocycles. The van der Waals surface area contributed by atoms with Crippen molar-refractivity contribution in [2.45, 2.75) is 20.0 Å². The zero-order valence-corrected chi connectivity index (χ0v) is 10.7. The van der Waals surface area contributed by atoms with Crippen molar-refractivity contribution < 1.29 is 18.3 Å². The van der Waals surface area contributed by atoms with E-state index in [4.69, 9.17) is 11.6 Å². The van der Waals surface area contributed by atoms with E-state index in [9.17, 15) is 18.3 Å². The maximum absolute atomic E-state index is 12.5. The predicted molar refractivity (Wildman–Crippen MR) is 62.5 cm³/mol. The molecule has 102 valence electrons. The van der Waals surface area contributed by atoms with Crippen LogP contribution in [0.15, 0.2) is 12.3 Å². The average Bonchev–Trinajstić information content (AvgIpc) is 2.56. The smallest absolute Gasteiger partial charge is 0.417 e. The Labute approximate surface area is 111 Å². The molecular weight excluding hydrogens is 283 g/mol. The SMILES string of the molecule is Cc1nn(-c2ncc(C(F)(F)F)cc2Cl)c(C)c1O. The lowest BCUT2D eigenvalue weighted by Crippen LogP contribution is -2.09. The number of aromatic hydroxyl groups is 1. The van der Waals surface area contributed by atoms with Crippen LogP contribution in [-0.4, -0.2) is 19.9 Å². The highest BCUT2D eigenvalue weighted by atomic mass is 35.5. The largest absolute Gasteiger partial charge is 0.504 e. The van der Waals surface area contributed by atoms with E-state index < -0.39 is 11.7 Å². The molecule has 0 atom stereocenters. The van der Waals surface area contributed by atoms with Crippen molar-refractivity contribution >= 4 is 11.6 Å². The molecule has 0 aliphatic carbocycles. The van der Waals surface area contributed by atoms with Crippen LogP contribution in [0.4, 0.5) is 13.2 Å². The molecule has 8 heteroatoms. The summed E-state index contributed by atoms with van der Waals surface area (Å²) in [4.78, 5) is 3.67. The molecule has 0 aliphatic heterocycles. The highest BCUT2D eigenvalue weighted by Crippen LogP contribution is 2.33. The molecule has 0 saturated carbocycles. The van der Waals surface area contributed by atoms with Crippen LogP contribution in [-0.2, 0) is 6.18 Å². The fraction of sp³-hybridized carbons (Fsp3) is 0.273. The van der Waals surface area contributed by atoms with Crippen molar-refractivity contribution in [3.8, 4) is 11.6 Å². The first-order valence-corrected chi connectivity index (χ1v) is 5.58. The molecule has 2 aromatic rings. The maximum atomic E-state index is 12.5. The summed E-state index contributed by atoms with van der Waals surface area (Å²) >= 11 is 5.80. The number of alkyl halides is 3. The number of halogens is 4. The minimum absolute atomic E-state index is 0.0376. The van der Waals surface area contributed by atoms with Crippen LogP contribution in [0.2, 0.25) is 5.02 Å². The molecule has 0 radical (unpaired) electrons. The average molecular weight is 292 g/mol. The summed E-state index contributed by atoms with van der Waals surface area (Å²) in [5, 5.41) is 13.4. The van der Waals surface area contributed by atoms with Crippen LogP contribution in [0, 0.1) is 13.8 Å². The molecule has 0 amide bonds. The summed E-state index contributed by atoms with van der Waals surface area (Å²) < 4.78 is 38.7. The molecule has 2 rings (SSSR count). The van der Waals surface area contributed by atoms with E-state index in [1.165, 1.54) is 4.68 Å². The Morgan fingerprint density at radius 1 is 1.32 bits per heavy atom. The molecule has 0 spiro atoms. The Hall–Kier alpha value is -1.76. The zero-order valence-electron chi connectivity index (χ0n) is 9.96. The third-order valence-corrected chi connectivity index (χ3v) is 2.88. The lowest BCUT2D eigenvalue weighted by atomic mass is 10.2. The van der Waals surface area contributed by atoms with Gasteiger partial charge in [0.05, 0.1) is 16.3 Å². The van der Waals surface area contributed by atoms with Gasteiger partial charge in [0, 0.05) is 6.20 Å². The van der Waals surface area contributed by atoms with Gasteiger partial charge in [-0.05, 0) is 19.9 Å². The molecular formula is C11H9ClF3N3O. The Morgan fingerprint density at radius 3 is 2.37 bits per heavy atom. The molecule has 4 nitrogen and oxygen atoms in total. The van der Waals surface area contributed by atoms with Gasteiger partial charge < -0.3 is 5.11 Å². The summed E-state index contributed by atoms with van der Waals surface area (Å²) in [7, 11) is 0. The van der Waals surface area contributed by atoms with Gasteiger partial charge in [0.25, 0.3) is 0 Å². The highest BCUT2D eigenvalue weighted by molar-refractivity contribution is 6.32. The number of hydrogen-bond donors (Lipinski definition) is 1. The number of pyridine rings is 1. The Morgan fingerprint density at radius 2 is 1.95 bits per heavy atom. The first-order chi connectivity index (χ1) is 8.71. The van der Waals surface area contributed by atoms with Gasteiger partial charge in [-0.2, -0.15) is 18.3 Å². The molecule has 0 unspecified atom stereocenters. The standard InChI is InChI=1S/C11H9ClF3N3O/c1-5-9(19)6(2)18(17-5)10-8(12)3-7(4-16-10)11(13,14)15/h3-4,19H,1-2H3. The summed E-state index contributed by atoms with van der Waals surface area (Å²) in [5.41, 5.74) is -0.242. The summed E-state index contributed by atoms with van der Waals surface area (Å²) in [6.07, 6.45) is -3.83. The third-order valence-electron chi connectivity index (χ3n) is 2.60. The number of rotatable bonds is 1. The molecule has 0 aromatic carbocycles. The minimum Gasteiger partial charge on any atom is -0.504 e. The summed E-state index contributed by atoms with van der Waals surface area (Å²) in [6, 6.07) is 0.775. The second-order valence-corrected chi connectivity index (χ2v) is 4.37. The van der Waals surface area contributed by atoms with Crippen molar-refractivity contribution in [2.75, 3.05) is 0 Å². The lowest BCUT2D eigenvalue weighted by molar-refractivity contribution is -0.137. The number of nitrogens with zero attached hydrogens (tertiary/aromatic N) is 3. The van der Waals surface area contributed by atoms with Gasteiger partial charge in [0.15, 0.2) is 11.6 Å². The Kier molecular flexibility index (Phi) is 3.17. The molecule has 1 N–H and O–H groups in total. The molecule has 0 bridgehead atoms. The first kappa shape index (κ1) is 13.7. The lowest BCUT2D eigenvalue weighted by Gasteiger charge is -2.09. The van der Waals surface area contributed by atoms with Crippen LogP contribution in [0.5, 0.6) is 5.75 Å². The van der Waals surface area contributed by atoms with Gasteiger partial charge in [-0.1, -0.05) is 11.6 Å². The van der Waals surface area contributed by atoms with Crippen molar-refractivity contribution in [1.29, 1.82) is 0 Å². The van der Waals surface area contributed by atoms with Crippen molar-refractivity contribution in [1.82, 2.24) is 14.8 Å². The number of hydrogen-bond acceptors (Lipinski definition) is 3. The van der Waals surface area contributed by atoms with Gasteiger partial charge in [0.2, 0.25) is 0 Å². The number of aryl methyl sites for hydroxylation is 1. The van der Waals surface area contributed by atoms with E-state index in [1.807, 2.05) is 0 Å². The highest BCUT2D eigenvalue weighted by Gasteiger charge is 2.32. The number of aromatic nitrogens is 3. The van der Waals surface area contributed by atoms with Crippen molar-refractivity contribution in [3.05, 3.63) is 34.2 Å². The Bertz CT molecular complexity index is 637. The first-order valence-electron chi connectivity index (χ1n) is 5.20. The quantitative estimate of drug-likeness (QED) is 0.877. The van der Waals surface area contributed by atoms with Gasteiger partial charge in [0.1, 0.15) is 5.69 Å². The zero-order chi connectivity index (χ0) is 14.4. The maximum Gasteiger partial charge on any atom is 0.417 e. The summed E-state index contributed by atoms with van der Waals surface area (Å²) in [6.45, 7) is 3.13. The van der Waals surface area contributed by atoms with Crippen LogP contribution in [0.3, 0.4) is 0 Å².